The largest absolute Gasteiger partial charge is 0.443 e. The Morgan fingerprint density at radius 2 is 1.93 bits per heavy atom. The van der Waals surface area contributed by atoms with Crippen molar-refractivity contribution < 1.29 is 9.53 Å². The van der Waals surface area contributed by atoms with Gasteiger partial charge in [0.15, 0.2) is 0 Å². The van der Waals surface area contributed by atoms with E-state index in [-0.39, 0.29) is 6.09 Å². The molecule has 0 atom stereocenters. The summed E-state index contributed by atoms with van der Waals surface area (Å²) in [7, 11) is 0. The van der Waals surface area contributed by atoms with Gasteiger partial charge >= 0.3 is 6.09 Å². The molecule has 2 aromatic carbocycles. The Balaban J connectivity index is 0.000000177. The average molecular weight is 363 g/mol. The lowest BCUT2D eigenvalue weighted by atomic mass is 10.1. The van der Waals surface area contributed by atoms with Crippen molar-refractivity contribution in [3.05, 3.63) is 66.4 Å². The van der Waals surface area contributed by atoms with Gasteiger partial charge in [0, 0.05) is 23.9 Å². The number of hydrogen-bond acceptors (Lipinski definition) is 3. The molecule has 3 aromatic rings. The highest BCUT2D eigenvalue weighted by molar-refractivity contribution is 5.92. The molecule has 0 spiro atoms. The van der Waals surface area contributed by atoms with Gasteiger partial charge in [-0.25, -0.2) is 4.79 Å². The number of nitrogens with zero attached hydrogens (tertiary/aromatic N) is 1. The second-order valence-corrected chi connectivity index (χ2v) is 7.38. The van der Waals surface area contributed by atoms with Crippen molar-refractivity contribution in [3.8, 4) is 0 Å². The summed E-state index contributed by atoms with van der Waals surface area (Å²) in [4.78, 5) is 16.8. The normalized spacial score (nSPS) is 12.9. The number of benzene rings is 2. The molecule has 3 N–H and O–H groups in total. The van der Waals surface area contributed by atoms with Gasteiger partial charge in [0.25, 0.3) is 0 Å². The first-order valence-corrected chi connectivity index (χ1v) is 8.92. The van der Waals surface area contributed by atoms with Gasteiger partial charge < -0.3 is 15.5 Å². The molecular formula is C22H25N3O2. The van der Waals surface area contributed by atoms with Crippen LogP contribution in [0.4, 0.5) is 16.2 Å². The van der Waals surface area contributed by atoms with Crippen molar-refractivity contribution in [2.45, 2.75) is 26.4 Å². The van der Waals surface area contributed by atoms with Crippen molar-refractivity contribution in [2.24, 2.45) is 0 Å². The molecule has 1 aliphatic rings. The van der Waals surface area contributed by atoms with E-state index in [1.54, 1.807) is 4.90 Å². The molecule has 0 saturated heterocycles. The standard InChI is InChI=1S/C14H17NO2.C8H8N2/c1-14(2,3)17-13(16)15-10-6-8-11-7-4-5-9-12(11)15;9-7-2-1-6-3-4-10-8(6)5-7/h4-9H,10H2,1-3H3;1-5,10H,9H2. The summed E-state index contributed by atoms with van der Waals surface area (Å²) in [6, 6.07) is 15.7. The van der Waals surface area contributed by atoms with Crippen LogP contribution in [0.15, 0.2) is 60.8 Å². The number of carbonyl (C=O) groups is 1. The van der Waals surface area contributed by atoms with Gasteiger partial charge in [-0.05, 0) is 56.0 Å². The highest BCUT2D eigenvalue weighted by atomic mass is 16.6. The zero-order chi connectivity index (χ0) is 19.4. The third kappa shape index (κ3) is 4.70. The fourth-order valence-corrected chi connectivity index (χ4v) is 2.81. The van der Waals surface area contributed by atoms with Gasteiger partial charge in [-0.15, -0.1) is 0 Å². The van der Waals surface area contributed by atoms with Crippen LogP contribution in [0.1, 0.15) is 26.3 Å². The molecule has 1 aliphatic heterocycles. The predicted octanol–water partition coefficient (Wildman–Crippen LogP) is 5.21. The van der Waals surface area contributed by atoms with Crippen molar-refractivity contribution in [3.63, 3.8) is 0 Å². The second-order valence-electron chi connectivity index (χ2n) is 7.38. The Hall–Kier alpha value is -3.21. The molecule has 0 unspecified atom stereocenters. The molecule has 5 nitrogen and oxygen atoms in total. The molecule has 140 valence electrons. The van der Waals surface area contributed by atoms with E-state index in [0.717, 1.165) is 22.5 Å². The molecule has 2 heterocycles. The highest BCUT2D eigenvalue weighted by Crippen LogP contribution is 2.26. The van der Waals surface area contributed by atoms with Crippen LogP contribution in [-0.2, 0) is 4.74 Å². The molecule has 0 fully saturated rings. The number of fused-ring (bicyclic) bond motifs is 2. The van der Waals surface area contributed by atoms with E-state index in [4.69, 9.17) is 10.5 Å². The molecule has 0 aliphatic carbocycles. The Morgan fingerprint density at radius 3 is 2.70 bits per heavy atom. The van der Waals surface area contributed by atoms with E-state index >= 15 is 0 Å². The maximum absolute atomic E-state index is 12.0. The molecule has 0 saturated carbocycles. The number of nitrogens with one attached hydrogen (secondary N) is 1. The predicted molar refractivity (Wildman–Crippen MR) is 112 cm³/mol. The molecule has 27 heavy (non-hydrogen) atoms. The number of aromatic nitrogens is 1. The number of H-pyrrole nitrogens is 1. The summed E-state index contributed by atoms with van der Waals surface area (Å²) in [5, 5.41) is 1.20. The van der Waals surface area contributed by atoms with Gasteiger partial charge in [0.1, 0.15) is 5.60 Å². The van der Waals surface area contributed by atoms with Gasteiger partial charge in [0.05, 0.1) is 5.69 Å². The lowest BCUT2D eigenvalue weighted by Gasteiger charge is -2.29. The number of nitrogen functional groups attached to an aromatic ring is 1. The number of anilines is 2. The van der Waals surface area contributed by atoms with Gasteiger partial charge in [-0.2, -0.15) is 0 Å². The molecule has 1 amide bonds. The van der Waals surface area contributed by atoms with E-state index < -0.39 is 5.60 Å². The number of para-hydroxylation sites is 1. The van der Waals surface area contributed by atoms with Gasteiger partial charge in [0.2, 0.25) is 0 Å². The summed E-state index contributed by atoms with van der Waals surface area (Å²) in [6.07, 6.45) is 5.60. The Labute approximate surface area is 159 Å². The Kier molecular flexibility index (Phi) is 5.21. The van der Waals surface area contributed by atoms with Crippen molar-refractivity contribution >= 4 is 34.4 Å². The maximum Gasteiger partial charge on any atom is 0.415 e. The summed E-state index contributed by atoms with van der Waals surface area (Å²) in [5.74, 6) is 0. The van der Waals surface area contributed by atoms with E-state index in [0.29, 0.717) is 6.54 Å². The number of amides is 1. The highest BCUT2D eigenvalue weighted by Gasteiger charge is 2.25. The Bertz CT molecular complexity index is 967. The molecule has 5 heteroatoms. The lowest BCUT2D eigenvalue weighted by Crippen LogP contribution is -2.38. The molecule has 0 radical (unpaired) electrons. The third-order valence-corrected chi connectivity index (χ3v) is 4.01. The number of aromatic amines is 1. The first kappa shape index (κ1) is 18.6. The number of carbonyl (C=O) groups excluding carboxylic acids is 1. The van der Waals surface area contributed by atoms with Gasteiger partial charge in [-0.3, -0.25) is 4.90 Å². The van der Waals surface area contributed by atoms with Crippen LogP contribution in [0, 0.1) is 0 Å². The van der Waals surface area contributed by atoms with Crippen LogP contribution >= 0.6 is 0 Å². The van der Waals surface area contributed by atoms with Crippen LogP contribution in [0.3, 0.4) is 0 Å². The number of hydrogen-bond donors (Lipinski definition) is 2. The zero-order valence-corrected chi connectivity index (χ0v) is 15.9. The summed E-state index contributed by atoms with van der Waals surface area (Å²) >= 11 is 0. The molecular weight excluding hydrogens is 338 g/mol. The maximum atomic E-state index is 12.0. The minimum atomic E-state index is -0.465. The Morgan fingerprint density at radius 1 is 1.15 bits per heavy atom. The summed E-state index contributed by atoms with van der Waals surface area (Å²) in [6.45, 7) is 6.18. The van der Waals surface area contributed by atoms with Crippen molar-refractivity contribution in [1.82, 2.24) is 4.98 Å². The molecule has 1 aromatic heterocycles. The van der Waals surface area contributed by atoms with Crippen LogP contribution in [0.2, 0.25) is 0 Å². The topological polar surface area (TPSA) is 71.3 Å². The quantitative estimate of drug-likeness (QED) is 0.539. The van der Waals surface area contributed by atoms with Crippen LogP contribution < -0.4 is 10.6 Å². The van der Waals surface area contributed by atoms with Crippen LogP contribution in [0.5, 0.6) is 0 Å². The van der Waals surface area contributed by atoms with Crippen LogP contribution in [-0.4, -0.2) is 23.2 Å². The number of nitrogens with two attached hydrogens (primary N) is 1. The average Bonchev–Trinajstić information content (AvgIpc) is 3.08. The van der Waals surface area contributed by atoms with E-state index in [1.165, 1.54) is 5.39 Å². The van der Waals surface area contributed by atoms with Crippen molar-refractivity contribution in [1.29, 1.82) is 0 Å². The fraction of sp³-hybridized carbons (Fsp3) is 0.227. The second kappa shape index (κ2) is 7.58. The van der Waals surface area contributed by atoms with E-state index in [1.807, 2.05) is 87.7 Å². The lowest BCUT2D eigenvalue weighted by molar-refractivity contribution is 0.0584. The third-order valence-electron chi connectivity index (χ3n) is 4.01. The van der Waals surface area contributed by atoms with E-state index in [2.05, 4.69) is 4.98 Å². The first-order valence-electron chi connectivity index (χ1n) is 8.92. The van der Waals surface area contributed by atoms with Crippen LogP contribution in [0.25, 0.3) is 17.0 Å². The summed E-state index contributed by atoms with van der Waals surface area (Å²) < 4.78 is 5.39. The first-order chi connectivity index (χ1) is 12.8. The number of ether oxygens (including phenoxy) is 1. The minimum Gasteiger partial charge on any atom is -0.443 e. The molecule has 0 bridgehead atoms. The number of rotatable bonds is 0. The zero-order valence-electron chi connectivity index (χ0n) is 15.9. The summed E-state index contributed by atoms with van der Waals surface area (Å²) in [5.41, 5.74) is 8.95. The SMILES string of the molecule is CC(C)(C)OC(=O)N1CC=Cc2ccccc21.Nc1ccc2cc[nH]c2c1. The molecule has 4 rings (SSSR count). The monoisotopic (exact) mass is 363 g/mol. The fourth-order valence-electron chi connectivity index (χ4n) is 2.81. The van der Waals surface area contributed by atoms with E-state index in [9.17, 15) is 4.79 Å². The van der Waals surface area contributed by atoms with Gasteiger partial charge in [-0.1, -0.05) is 36.4 Å². The minimum absolute atomic E-state index is 0.297. The smallest absolute Gasteiger partial charge is 0.415 e. The van der Waals surface area contributed by atoms with Crippen molar-refractivity contribution in [2.75, 3.05) is 17.2 Å².